The van der Waals surface area contributed by atoms with Gasteiger partial charge in [-0.3, -0.25) is 0 Å². The largest absolute Gasteiger partial charge is 0.312 e. The van der Waals surface area contributed by atoms with Crippen LogP contribution < -0.4 is 5.32 Å². The van der Waals surface area contributed by atoms with Crippen molar-refractivity contribution in [1.82, 2.24) is 10.3 Å². The topological polar surface area (TPSA) is 24.9 Å². The molecule has 1 heterocycles. The molecule has 1 N–H and O–H groups in total. The number of hydrogen-bond donors (Lipinski definition) is 1. The number of thiazole rings is 1. The zero-order valence-corrected chi connectivity index (χ0v) is 11.4. The van der Waals surface area contributed by atoms with Crippen LogP contribution in [0.5, 0.6) is 0 Å². The van der Waals surface area contributed by atoms with Crippen LogP contribution in [0.2, 0.25) is 0 Å². The van der Waals surface area contributed by atoms with Crippen LogP contribution in [0.25, 0.3) is 10.6 Å². The molecule has 1 aromatic heterocycles. The Bertz CT molecular complexity index is 503. The molecular formula is C14H18N2S. The summed E-state index contributed by atoms with van der Waals surface area (Å²) < 4.78 is 0. The molecule has 90 valence electrons. The fourth-order valence-electron chi connectivity index (χ4n) is 1.76. The third kappa shape index (κ3) is 2.73. The first-order valence-corrected chi connectivity index (χ1v) is 6.77. The highest BCUT2D eigenvalue weighted by atomic mass is 32.1. The summed E-state index contributed by atoms with van der Waals surface area (Å²) in [6.45, 7) is 8.27. The summed E-state index contributed by atoms with van der Waals surface area (Å²) >= 11 is 1.79. The molecule has 0 fully saturated rings. The van der Waals surface area contributed by atoms with E-state index in [1.165, 1.54) is 16.0 Å². The van der Waals surface area contributed by atoms with Crippen LogP contribution in [-0.4, -0.2) is 11.5 Å². The average Bonchev–Trinajstić information content (AvgIpc) is 2.68. The Morgan fingerprint density at radius 3 is 2.71 bits per heavy atom. The molecule has 0 amide bonds. The summed E-state index contributed by atoms with van der Waals surface area (Å²) in [6, 6.07) is 8.42. The fraction of sp³-hybridized carbons (Fsp3) is 0.357. The summed E-state index contributed by atoms with van der Waals surface area (Å²) in [5.41, 5.74) is 3.69. The normalized spacial score (nSPS) is 10.8. The first-order valence-electron chi connectivity index (χ1n) is 5.95. The van der Waals surface area contributed by atoms with Gasteiger partial charge in [-0.25, -0.2) is 4.98 Å². The minimum absolute atomic E-state index is 0.923. The van der Waals surface area contributed by atoms with Gasteiger partial charge in [0.25, 0.3) is 0 Å². The van der Waals surface area contributed by atoms with E-state index in [2.05, 4.69) is 55.3 Å². The Morgan fingerprint density at radius 1 is 1.24 bits per heavy atom. The lowest BCUT2D eigenvalue weighted by molar-refractivity contribution is 0.731. The molecule has 0 aliphatic heterocycles. The standard InChI is InChI=1S/C14H18N2S/c1-4-15-9-13-11(3)16-14(17-13)12-8-6-5-7-10(12)2/h5-8,15H,4,9H2,1-3H3. The number of aryl methyl sites for hydroxylation is 2. The zero-order valence-electron chi connectivity index (χ0n) is 10.6. The van der Waals surface area contributed by atoms with Gasteiger partial charge in [0.1, 0.15) is 5.01 Å². The van der Waals surface area contributed by atoms with E-state index in [0.29, 0.717) is 0 Å². The summed E-state index contributed by atoms with van der Waals surface area (Å²) in [4.78, 5) is 6.01. The molecule has 0 unspecified atom stereocenters. The van der Waals surface area contributed by atoms with Crippen molar-refractivity contribution in [3.8, 4) is 10.6 Å². The van der Waals surface area contributed by atoms with Gasteiger partial charge in [0.05, 0.1) is 5.69 Å². The maximum Gasteiger partial charge on any atom is 0.124 e. The van der Waals surface area contributed by atoms with Gasteiger partial charge >= 0.3 is 0 Å². The quantitative estimate of drug-likeness (QED) is 0.892. The minimum Gasteiger partial charge on any atom is -0.312 e. The van der Waals surface area contributed by atoms with Crippen LogP contribution in [-0.2, 0) is 6.54 Å². The molecule has 0 aliphatic carbocycles. The molecule has 0 radical (unpaired) electrons. The van der Waals surface area contributed by atoms with E-state index in [1.807, 2.05) is 0 Å². The predicted molar refractivity (Wildman–Crippen MR) is 74.4 cm³/mol. The van der Waals surface area contributed by atoms with Crippen molar-refractivity contribution < 1.29 is 0 Å². The molecule has 0 atom stereocenters. The van der Waals surface area contributed by atoms with E-state index < -0.39 is 0 Å². The Labute approximate surface area is 107 Å². The monoisotopic (exact) mass is 246 g/mol. The van der Waals surface area contributed by atoms with Crippen molar-refractivity contribution in [2.75, 3.05) is 6.54 Å². The Balaban J connectivity index is 2.31. The number of rotatable bonds is 4. The second-order valence-corrected chi connectivity index (χ2v) is 5.21. The first-order chi connectivity index (χ1) is 8.22. The maximum absolute atomic E-state index is 4.67. The third-order valence-electron chi connectivity index (χ3n) is 2.80. The lowest BCUT2D eigenvalue weighted by Crippen LogP contribution is -2.11. The smallest absolute Gasteiger partial charge is 0.124 e. The molecule has 0 saturated heterocycles. The van der Waals surface area contributed by atoms with Gasteiger partial charge in [-0.05, 0) is 26.0 Å². The second kappa shape index (κ2) is 5.43. The SMILES string of the molecule is CCNCc1sc(-c2ccccc2C)nc1C. The van der Waals surface area contributed by atoms with Crippen LogP contribution in [0.15, 0.2) is 24.3 Å². The Kier molecular flexibility index (Phi) is 3.92. The molecule has 2 rings (SSSR count). The van der Waals surface area contributed by atoms with Crippen LogP contribution >= 0.6 is 11.3 Å². The molecule has 2 nitrogen and oxygen atoms in total. The molecule has 1 aromatic carbocycles. The van der Waals surface area contributed by atoms with Crippen molar-refractivity contribution in [3.63, 3.8) is 0 Å². The average molecular weight is 246 g/mol. The highest BCUT2D eigenvalue weighted by molar-refractivity contribution is 7.15. The molecule has 0 aliphatic rings. The van der Waals surface area contributed by atoms with Crippen molar-refractivity contribution in [3.05, 3.63) is 40.4 Å². The van der Waals surface area contributed by atoms with E-state index in [0.717, 1.165) is 23.8 Å². The van der Waals surface area contributed by atoms with Crippen molar-refractivity contribution >= 4 is 11.3 Å². The van der Waals surface area contributed by atoms with Crippen LogP contribution in [0, 0.1) is 13.8 Å². The van der Waals surface area contributed by atoms with Crippen LogP contribution in [0.1, 0.15) is 23.1 Å². The van der Waals surface area contributed by atoms with E-state index in [1.54, 1.807) is 11.3 Å². The van der Waals surface area contributed by atoms with Gasteiger partial charge < -0.3 is 5.32 Å². The van der Waals surface area contributed by atoms with Crippen molar-refractivity contribution in [2.45, 2.75) is 27.3 Å². The van der Waals surface area contributed by atoms with Gasteiger partial charge in [0.2, 0.25) is 0 Å². The lowest BCUT2D eigenvalue weighted by Gasteiger charge is -2.00. The zero-order chi connectivity index (χ0) is 12.3. The number of aromatic nitrogens is 1. The third-order valence-corrected chi connectivity index (χ3v) is 3.99. The molecule has 0 spiro atoms. The summed E-state index contributed by atoms with van der Waals surface area (Å²) in [6.07, 6.45) is 0. The van der Waals surface area contributed by atoms with Crippen molar-refractivity contribution in [1.29, 1.82) is 0 Å². The Hall–Kier alpha value is -1.19. The van der Waals surface area contributed by atoms with E-state index in [-0.39, 0.29) is 0 Å². The lowest BCUT2D eigenvalue weighted by atomic mass is 10.1. The summed E-state index contributed by atoms with van der Waals surface area (Å²) in [5.74, 6) is 0. The van der Waals surface area contributed by atoms with E-state index in [4.69, 9.17) is 0 Å². The molecule has 2 aromatic rings. The number of nitrogens with one attached hydrogen (secondary N) is 1. The number of nitrogens with zero attached hydrogens (tertiary/aromatic N) is 1. The molecular weight excluding hydrogens is 228 g/mol. The van der Waals surface area contributed by atoms with Gasteiger partial charge in [0, 0.05) is 17.0 Å². The van der Waals surface area contributed by atoms with Gasteiger partial charge in [-0.1, -0.05) is 31.2 Å². The molecule has 0 bridgehead atoms. The molecule has 17 heavy (non-hydrogen) atoms. The highest BCUT2D eigenvalue weighted by Gasteiger charge is 2.10. The van der Waals surface area contributed by atoms with Crippen molar-refractivity contribution in [2.24, 2.45) is 0 Å². The Morgan fingerprint density at radius 2 is 2.00 bits per heavy atom. The highest BCUT2D eigenvalue weighted by Crippen LogP contribution is 2.29. The maximum atomic E-state index is 4.67. The predicted octanol–water partition coefficient (Wildman–Crippen LogP) is 3.54. The second-order valence-electron chi connectivity index (χ2n) is 4.12. The minimum atomic E-state index is 0.923. The fourth-order valence-corrected chi connectivity index (χ4v) is 2.88. The molecule has 3 heteroatoms. The van der Waals surface area contributed by atoms with E-state index in [9.17, 15) is 0 Å². The van der Waals surface area contributed by atoms with Gasteiger partial charge in [-0.2, -0.15) is 0 Å². The number of benzene rings is 1. The van der Waals surface area contributed by atoms with Crippen LogP contribution in [0.4, 0.5) is 0 Å². The number of hydrogen-bond acceptors (Lipinski definition) is 3. The van der Waals surface area contributed by atoms with E-state index >= 15 is 0 Å². The van der Waals surface area contributed by atoms with Crippen LogP contribution in [0.3, 0.4) is 0 Å². The summed E-state index contributed by atoms with van der Waals surface area (Å²) in [7, 11) is 0. The van der Waals surface area contributed by atoms with Gasteiger partial charge in [-0.15, -0.1) is 11.3 Å². The van der Waals surface area contributed by atoms with Gasteiger partial charge in [0.15, 0.2) is 0 Å². The first kappa shape index (κ1) is 12.3. The summed E-state index contributed by atoms with van der Waals surface area (Å²) in [5, 5.41) is 4.49. The molecule has 0 saturated carbocycles.